The fourth-order valence-corrected chi connectivity index (χ4v) is 4.14. The molecule has 2 heterocycles. The lowest BCUT2D eigenvalue weighted by molar-refractivity contribution is -0.132. The number of hydrogen-bond acceptors (Lipinski definition) is 5. The second kappa shape index (κ2) is 8.36. The van der Waals surface area contributed by atoms with Gasteiger partial charge < -0.3 is 15.1 Å². The summed E-state index contributed by atoms with van der Waals surface area (Å²) in [5.41, 5.74) is 5.03. The van der Waals surface area contributed by atoms with Crippen LogP contribution in [-0.4, -0.2) is 59.6 Å². The van der Waals surface area contributed by atoms with Gasteiger partial charge in [0.15, 0.2) is 5.78 Å². The van der Waals surface area contributed by atoms with Gasteiger partial charge in [-0.05, 0) is 49.3 Å². The lowest BCUT2D eigenvalue weighted by Crippen LogP contribution is -2.41. The van der Waals surface area contributed by atoms with Gasteiger partial charge in [0.1, 0.15) is 0 Å². The van der Waals surface area contributed by atoms with Crippen molar-refractivity contribution in [1.29, 1.82) is 0 Å². The van der Waals surface area contributed by atoms with Crippen molar-refractivity contribution in [2.24, 2.45) is 0 Å². The molecule has 0 radical (unpaired) electrons. The summed E-state index contributed by atoms with van der Waals surface area (Å²) < 4.78 is 0. The van der Waals surface area contributed by atoms with Crippen LogP contribution in [0, 0.1) is 0 Å². The summed E-state index contributed by atoms with van der Waals surface area (Å²) in [5.74, 6) is 0.0331. The van der Waals surface area contributed by atoms with Crippen molar-refractivity contribution in [3.05, 3.63) is 64.0 Å². The van der Waals surface area contributed by atoms with Gasteiger partial charge in [0.25, 0.3) is 5.91 Å². The number of nitrogens with zero attached hydrogens (tertiary/aromatic N) is 3. The Hall–Kier alpha value is -3.06. The zero-order valence-electron chi connectivity index (χ0n) is 17.4. The SMILES string of the molecule is CN(C)CC(=O)N1CCc2ncc(CNC(=O)c3cccc4c3CCC4=O)cc2C1. The van der Waals surface area contributed by atoms with Gasteiger partial charge >= 0.3 is 0 Å². The Balaban J connectivity index is 1.43. The first kappa shape index (κ1) is 20.2. The van der Waals surface area contributed by atoms with Crippen LogP contribution in [0.2, 0.25) is 0 Å². The Kier molecular flexibility index (Phi) is 5.63. The monoisotopic (exact) mass is 406 g/mol. The Morgan fingerprint density at radius 3 is 2.83 bits per heavy atom. The van der Waals surface area contributed by atoms with Gasteiger partial charge in [-0.2, -0.15) is 0 Å². The van der Waals surface area contributed by atoms with E-state index in [2.05, 4.69) is 10.3 Å². The minimum absolute atomic E-state index is 0.104. The van der Waals surface area contributed by atoms with E-state index in [0.717, 1.165) is 28.8 Å². The topological polar surface area (TPSA) is 82.6 Å². The van der Waals surface area contributed by atoms with Crippen LogP contribution in [0.3, 0.4) is 0 Å². The first-order valence-corrected chi connectivity index (χ1v) is 10.2. The Bertz CT molecular complexity index is 1020. The number of fused-ring (bicyclic) bond motifs is 2. The Morgan fingerprint density at radius 1 is 1.20 bits per heavy atom. The third kappa shape index (κ3) is 4.11. The minimum atomic E-state index is -0.179. The molecule has 1 N–H and O–H groups in total. The van der Waals surface area contributed by atoms with E-state index >= 15 is 0 Å². The second-order valence-electron chi connectivity index (χ2n) is 8.19. The van der Waals surface area contributed by atoms with E-state index in [-0.39, 0.29) is 17.6 Å². The summed E-state index contributed by atoms with van der Waals surface area (Å²) in [7, 11) is 3.77. The molecule has 7 nitrogen and oxygen atoms in total. The molecule has 0 saturated carbocycles. The summed E-state index contributed by atoms with van der Waals surface area (Å²) in [6.45, 7) is 1.97. The molecule has 2 aliphatic rings. The van der Waals surface area contributed by atoms with E-state index < -0.39 is 0 Å². The number of nitrogens with one attached hydrogen (secondary N) is 1. The van der Waals surface area contributed by atoms with Crippen molar-refractivity contribution in [2.75, 3.05) is 27.2 Å². The maximum absolute atomic E-state index is 12.7. The Morgan fingerprint density at radius 2 is 2.03 bits per heavy atom. The van der Waals surface area contributed by atoms with Crippen LogP contribution >= 0.6 is 0 Å². The first-order valence-electron chi connectivity index (χ1n) is 10.2. The van der Waals surface area contributed by atoms with Gasteiger partial charge in [0.2, 0.25) is 5.91 Å². The number of benzene rings is 1. The van der Waals surface area contributed by atoms with Crippen molar-refractivity contribution < 1.29 is 14.4 Å². The summed E-state index contributed by atoms with van der Waals surface area (Å²) in [4.78, 5) is 45.3. The van der Waals surface area contributed by atoms with E-state index in [1.165, 1.54) is 0 Å². The molecule has 0 fully saturated rings. The molecular formula is C23H26N4O3. The van der Waals surface area contributed by atoms with E-state index in [0.29, 0.717) is 50.1 Å². The van der Waals surface area contributed by atoms with E-state index in [1.54, 1.807) is 24.4 Å². The molecule has 4 rings (SSSR count). The highest BCUT2D eigenvalue weighted by Crippen LogP contribution is 2.25. The van der Waals surface area contributed by atoms with Crippen LogP contribution in [0.1, 0.15) is 49.5 Å². The molecule has 0 spiro atoms. The van der Waals surface area contributed by atoms with Gasteiger partial charge in [0, 0.05) is 55.5 Å². The highest BCUT2D eigenvalue weighted by molar-refractivity contribution is 6.05. The highest BCUT2D eigenvalue weighted by atomic mass is 16.2. The molecule has 1 aliphatic carbocycles. The average Bonchev–Trinajstić information content (AvgIpc) is 3.12. The lowest BCUT2D eigenvalue weighted by Gasteiger charge is -2.29. The third-order valence-electron chi connectivity index (χ3n) is 5.68. The summed E-state index contributed by atoms with van der Waals surface area (Å²) >= 11 is 0. The lowest BCUT2D eigenvalue weighted by atomic mass is 10.0. The predicted octanol–water partition coefficient (Wildman–Crippen LogP) is 1.59. The molecule has 30 heavy (non-hydrogen) atoms. The fraction of sp³-hybridized carbons (Fsp3) is 0.391. The molecule has 1 aromatic carbocycles. The molecule has 0 bridgehead atoms. The highest BCUT2D eigenvalue weighted by Gasteiger charge is 2.25. The van der Waals surface area contributed by atoms with Crippen LogP contribution in [0.5, 0.6) is 0 Å². The van der Waals surface area contributed by atoms with Crippen molar-refractivity contribution in [3.8, 4) is 0 Å². The molecule has 2 amide bonds. The number of carbonyl (C=O) groups is 3. The molecule has 1 aliphatic heterocycles. The number of aromatic nitrogens is 1. The molecule has 0 saturated heterocycles. The Labute approximate surface area is 176 Å². The van der Waals surface area contributed by atoms with Gasteiger partial charge in [-0.1, -0.05) is 12.1 Å². The van der Waals surface area contributed by atoms with E-state index in [4.69, 9.17) is 0 Å². The van der Waals surface area contributed by atoms with Crippen LogP contribution in [0.25, 0.3) is 0 Å². The number of hydrogen-bond donors (Lipinski definition) is 1. The first-order chi connectivity index (χ1) is 14.4. The summed E-state index contributed by atoms with van der Waals surface area (Å²) in [6.07, 6.45) is 3.62. The van der Waals surface area contributed by atoms with Gasteiger partial charge in [-0.25, -0.2) is 0 Å². The molecule has 7 heteroatoms. The molecule has 2 aromatic rings. The number of Topliss-reactive ketones (excluding diaryl/α,β-unsaturated/α-hetero) is 1. The average molecular weight is 406 g/mol. The van der Waals surface area contributed by atoms with E-state index in [1.807, 2.05) is 30.0 Å². The zero-order chi connectivity index (χ0) is 21.3. The van der Waals surface area contributed by atoms with Crippen molar-refractivity contribution in [3.63, 3.8) is 0 Å². The molecular weight excluding hydrogens is 380 g/mol. The number of carbonyl (C=O) groups excluding carboxylic acids is 3. The summed E-state index contributed by atoms with van der Waals surface area (Å²) in [6, 6.07) is 7.34. The second-order valence-corrected chi connectivity index (χ2v) is 8.19. The molecule has 0 atom stereocenters. The van der Waals surface area contributed by atoms with Crippen LogP contribution in [-0.2, 0) is 30.7 Å². The third-order valence-corrected chi connectivity index (χ3v) is 5.68. The fourth-order valence-electron chi connectivity index (χ4n) is 4.14. The quantitative estimate of drug-likeness (QED) is 0.815. The van der Waals surface area contributed by atoms with Crippen molar-refractivity contribution >= 4 is 17.6 Å². The van der Waals surface area contributed by atoms with Crippen LogP contribution < -0.4 is 5.32 Å². The predicted molar refractivity (Wildman–Crippen MR) is 112 cm³/mol. The molecule has 1 aromatic heterocycles. The van der Waals surface area contributed by atoms with Crippen molar-refractivity contribution in [1.82, 2.24) is 20.1 Å². The number of rotatable bonds is 5. The van der Waals surface area contributed by atoms with Gasteiger partial charge in [-0.3, -0.25) is 19.4 Å². The largest absolute Gasteiger partial charge is 0.348 e. The number of pyridine rings is 1. The maximum Gasteiger partial charge on any atom is 0.251 e. The smallest absolute Gasteiger partial charge is 0.251 e. The number of likely N-dealkylation sites (N-methyl/N-ethyl adjacent to an activating group) is 1. The van der Waals surface area contributed by atoms with Gasteiger partial charge in [-0.15, -0.1) is 0 Å². The zero-order valence-corrected chi connectivity index (χ0v) is 17.4. The molecule has 0 unspecified atom stereocenters. The standard InChI is InChI=1S/C23H26N4O3/c1-26(2)14-22(29)27-9-8-20-16(13-27)10-15(11-24-20)12-25-23(30)19-5-3-4-18-17(19)6-7-21(18)28/h3-5,10-11H,6-9,12-14H2,1-2H3,(H,25,30). The van der Waals surface area contributed by atoms with Crippen LogP contribution in [0.15, 0.2) is 30.5 Å². The number of amides is 2. The van der Waals surface area contributed by atoms with Crippen LogP contribution in [0.4, 0.5) is 0 Å². The molecule has 156 valence electrons. The maximum atomic E-state index is 12.7. The minimum Gasteiger partial charge on any atom is -0.348 e. The van der Waals surface area contributed by atoms with E-state index in [9.17, 15) is 14.4 Å². The van der Waals surface area contributed by atoms with Crippen molar-refractivity contribution in [2.45, 2.75) is 32.4 Å². The number of ketones is 1. The summed E-state index contributed by atoms with van der Waals surface area (Å²) in [5, 5.41) is 2.95. The van der Waals surface area contributed by atoms with Gasteiger partial charge in [0.05, 0.1) is 6.54 Å². The normalized spacial score (nSPS) is 15.2.